The van der Waals surface area contributed by atoms with Gasteiger partial charge in [-0.15, -0.1) is 0 Å². The Hall–Kier alpha value is -2.19. The molecule has 1 amide bonds. The van der Waals surface area contributed by atoms with Gasteiger partial charge in [0.1, 0.15) is 17.3 Å². The van der Waals surface area contributed by atoms with Crippen molar-refractivity contribution in [2.75, 3.05) is 20.1 Å². The number of furan rings is 1. The number of carbonyl (C=O) groups is 1. The quantitative estimate of drug-likeness (QED) is 0.782. The van der Waals surface area contributed by atoms with E-state index in [-0.39, 0.29) is 29.8 Å². The molecule has 0 atom stereocenters. The average Bonchev–Trinajstić information content (AvgIpc) is 3.06. The maximum atomic E-state index is 13.0. The number of rotatable bonds is 5. The van der Waals surface area contributed by atoms with Crippen LogP contribution in [0.15, 0.2) is 45.7 Å². The van der Waals surface area contributed by atoms with Gasteiger partial charge < -0.3 is 9.32 Å². The van der Waals surface area contributed by atoms with Gasteiger partial charge in [0.2, 0.25) is 15.9 Å². The molecule has 0 N–H and O–H groups in total. The predicted molar refractivity (Wildman–Crippen MR) is 97.8 cm³/mol. The molecule has 2 aromatic rings. The molecule has 0 radical (unpaired) electrons. The Morgan fingerprint density at radius 2 is 1.81 bits per heavy atom. The van der Waals surface area contributed by atoms with Gasteiger partial charge in [0, 0.05) is 26.1 Å². The first-order chi connectivity index (χ1) is 12.8. The van der Waals surface area contributed by atoms with E-state index in [0.717, 1.165) is 23.7 Å². The van der Waals surface area contributed by atoms with Crippen LogP contribution in [-0.4, -0.2) is 43.7 Å². The molecular formula is C19H23FN2O4S. The molecule has 8 heteroatoms. The van der Waals surface area contributed by atoms with E-state index in [1.807, 2.05) is 19.1 Å². The molecule has 0 saturated carbocycles. The van der Waals surface area contributed by atoms with Crippen molar-refractivity contribution in [1.29, 1.82) is 0 Å². The van der Waals surface area contributed by atoms with Crippen LogP contribution in [0.25, 0.3) is 0 Å². The first-order valence-electron chi connectivity index (χ1n) is 8.83. The molecule has 0 unspecified atom stereocenters. The molecule has 1 fully saturated rings. The molecule has 2 heterocycles. The summed E-state index contributed by atoms with van der Waals surface area (Å²) in [7, 11) is -1.94. The van der Waals surface area contributed by atoms with Gasteiger partial charge in [0.25, 0.3) is 0 Å². The van der Waals surface area contributed by atoms with Gasteiger partial charge >= 0.3 is 0 Å². The molecule has 0 aliphatic carbocycles. The SMILES string of the molecule is Cc1ccc(CN(C)C(=O)C2CCN(S(=O)(=O)c3ccc(F)cc3)CC2)o1. The van der Waals surface area contributed by atoms with Crippen molar-refractivity contribution in [3.63, 3.8) is 0 Å². The van der Waals surface area contributed by atoms with Crippen molar-refractivity contribution in [3.05, 3.63) is 53.7 Å². The van der Waals surface area contributed by atoms with E-state index in [1.54, 1.807) is 11.9 Å². The molecular weight excluding hydrogens is 371 g/mol. The second kappa shape index (κ2) is 7.82. The molecule has 1 aromatic heterocycles. The monoisotopic (exact) mass is 394 g/mol. The zero-order chi connectivity index (χ0) is 19.6. The van der Waals surface area contributed by atoms with Crippen LogP contribution in [0.5, 0.6) is 0 Å². The number of sulfonamides is 1. The molecule has 146 valence electrons. The van der Waals surface area contributed by atoms with E-state index in [9.17, 15) is 17.6 Å². The zero-order valence-electron chi connectivity index (χ0n) is 15.4. The highest BCUT2D eigenvalue weighted by atomic mass is 32.2. The number of benzene rings is 1. The summed E-state index contributed by atoms with van der Waals surface area (Å²) in [6.45, 7) is 2.77. The van der Waals surface area contributed by atoms with Gasteiger partial charge in [-0.1, -0.05) is 0 Å². The van der Waals surface area contributed by atoms with Crippen molar-refractivity contribution in [2.45, 2.75) is 31.2 Å². The number of aryl methyl sites for hydroxylation is 1. The Balaban J connectivity index is 1.59. The Labute approximate surface area is 158 Å². The summed E-state index contributed by atoms with van der Waals surface area (Å²) in [4.78, 5) is 14.3. The van der Waals surface area contributed by atoms with Crippen LogP contribution in [0, 0.1) is 18.7 Å². The largest absolute Gasteiger partial charge is 0.464 e. The number of nitrogens with zero attached hydrogens (tertiary/aromatic N) is 2. The summed E-state index contributed by atoms with van der Waals surface area (Å²) in [5, 5.41) is 0. The predicted octanol–water partition coefficient (Wildman–Crippen LogP) is 2.79. The lowest BCUT2D eigenvalue weighted by Gasteiger charge is -2.32. The van der Waals surface area contributed by atoms with Gasteiger partial charge in [-0.2, -0.15) is 4.31 Å². The van der Waals surface area contributed by atoms with Crippen LogP contribution in [-0.2, 0) is 21.4 Å². The van der Waals surface area contributed by atoms with Crippen molar-refractivity contribution < 1.29 is 22.0 Å². The summed E-state index contributed by atoms with van der Waals surface area (Å²) in [5.41, 5.74) is 0. The van der Waals surface area contributed by atoms with Crippen molar-refractivity contribution in [3.8, 4) is 0 Å². The first-order valence-corrected chi connectivity index (χ1v) is 10.3. The first kappa shape index (κ1) is 19.6. The highest BCUT2D eigenvalue weighted by Crippen LogP contribution is 2.25. The third kappa shape index (κ3) is 4.39. The van der Waals surface area contributed by atoms with Gasteiger partial charge in [0.15, 0.2) is 0 Å². The van der Waals surface area contributed by atoms with E-state index in [2.05, 4.69) is 0 Å². The third-order valence-corrected chi connectivity index (χ3v) is 6.73. The Kier molecular flexibility index (Phi) is 5.67. The lowest BCUT2D eigenvalue weighted by atomic mass is 9.96. The van der Waals surface area contributed by atoms with Crippen LogP contribution in [0.2, 0.25) is 0 Å². The molecule has 1 aliphatic heterocycles. The van der Waals surface area contributed by atoms with E-state index in [0.29, 0.717) is 19.4 Å². The van der Waals surface area contributed by atoms with Crippen LogP contribution in [0.3, 0.4) is 0 Å². The molecule has 1 saturated heterocycles. The zero-order valence-corrected chi connectivity index (χ0v) is 16.2. The van der Waals surface area contributed by atoms with Gasteiger partial charge in [-0.25, -0.2) is 12.8 Å². The normalized spacial score (nSPS) is 16.4. The number of piperidine rings is 1. The molecule has 6 nitrogen and oxygen atoms in total. The lowest BCUT2D eigenvalue weighted by Crippen LogP contribution is -2.43. The van der Waals surface area contributed by atoms with E-state index in [1.165, 1.54) is 16.4 Å². The van der Waals surface area contributed by atoms with Gasteiger partial charge in [-0.05, 0) is 56.2 Å². The number of halogens is 1. The number of carbonyl (C=O) groups excluding carboxylic acids is 1. The Morgan fingerprint density at radius 1 is 1.19 bits per heavy atom. The van der Waals surface area contributed by atoms with E-state index >= 15 is 0 Å². The Morgan fingerprint density at radius 3 is 2.37 bits per heavy atom. The van der Waals surface area contributed by atoms with Crippen LogP contribution < -0.4 is 0 Å². The second-order valence-corrected chi connectivity index (χ2v) is 8.78. The fourth-order valence-electron chi connectivity index (χ4n) is 3.29. The number of hydrogen-bond acceptors (Lipinski definition) is 4. The fourth-order valence-corrected chi connectivity index (χ4v) is 4.76. The fraction of sp³-hybridized carbons (Fsp3) is 0.421. The summed E-state index contributed by atoms with van der Waals surface area (Å²) in [6, 6.07) is 8.49. The Bertz CT molecular complexity index is 900. The number of amides is 1. The maximum Gasteiger partial charge on any atom is 0.243 e. The van der Waals surface area contributed by atoms with Crippen LogP contribution in [0.1, 0.15) is 24.4 Å². The summed E-state index contributed by atoms with van der Waals surface area (Å²) >= 11 is 0. The standard InChI is InChI=1S/C19H23FN2O4S/c1-14-3-6-17(26-14)13-21(2)19(23)15-9-11-22(12-10-15)27(24,25)18-7-4-16(20)5-8-18/h3-8,15H,9-13H2,1-2H3. The minimum Gasteiger partial charge on any atom is -0.464 e. The smallest absolute Gasteiger partial charge is 0.243 e. The van der Waals surface area contributed by atoms with Gasteiger partial charge in [-0.3, -0.25) is 4.79 Å². The lowest BCUT2D eigenvalue weighted by molar-refractivity contribution is -0.136. The highest BCUT2D eigenvalue weighted by molar-refractivity contribution is 7.89. The highest BCUT2D eigenvalue weighted by Gasteiger charge is 2.33. The minimum absolute atomic E-state index is 0.0112. The summed E-state index contributed by atoms with van der Waals surface area (Å²) < 4.78 is 45.2. The third-order valence-electron chi connectivity index (χ3n) is 4.82. The molecule has 27 heavy (non-hydrogen) atoms. The van der Waals surface area contributed by atoms with Crippen molar-refractivity contribution in [2.24, 2.45) is 5.92 Å². The van der Waals surface area contributed by atoms with E-state index in [4.69, 9.17) is 4.42 Å². The topological polar surface area (TPSA) is 70.8 Å². The molecule has 1 aliphatic rings. The summed E-state index contributed by atoms with van der Waals surface area (Å²) in [5.74, 6) is 0.812. The average molecular weight is 394 g/mol. The van der Waals surface area contributed by atoms with Crippen molar-refractivity contribution in [1.82, 2.24) is 9.21 Å². The van der Waals surface area contributed by atoms with Crippen molar-refractivity contribution >= 4 is 15.9 Å². The van der Waals surface area contributed by atoms with Gasteiger partial charge in [0.05, 0.1) is 11.4 Å². The number of hydrogen-bond donors (Lipinski definition) is 0. The van der Waals surface area contributed by atoms with Crippen LogP contribution in [0.4, 0.5) is 4.39 Å². The molecule has 0 spiro atoms. The minimum atomic E-state index is -3.67. The maximum absolute atomic E-state index is 13.0. The molecule has 3 rings (SSSR count). The molecule has 0 bridgehead atoms. The summed E-state index contributed by atoms with van der Waals surface area (Å²) in [6.07, 6.45) is 0.918. The van der Waals surface area contributed by atoms with E-state index < -0.39 is 15.8 Å². The second-order valence-electron chi connectivity index (χ2n) is 6.84. The molecule has 1 aromatic carbocycles. The van der Waals surface area contributed by atoms with Crippen LogP contribution >= 0.6 is 0 Å².